The summed E-state index contributed by atoms with van der Waals surface area (Å²) in [7, 11) is 0. The number of carbonyl (C=O) groups is 1. The minimum absolute atomic E-state index is 0.134. The van der Waals surface area contributed by atoms with Crippen LogP contribution in [0.3, 0.4) is 0 Å². The van der Waals surface area contributed by atoms with Gasteiger partial charge in [0.2, 0.25) is 0 Å². The Morgan fingerprint density at radius 3 is 2.63 bits per heavy atom. The number of nitrogens with zero attached hydrogens (tertiary/aromatic N) is 4. The van der Waals surface area contributed by atoms with Crippen molar-refractivity contribution in [2.24, 2.45) is 5.73 Å². The summed E-state index contributed by atoms with van der Waals surface area (Å²) in [6, 6.07) is 11.5. The quantitative estimate of drug-likeness (QED) is 0.743. The summed E-state index contributed by atoms with van der Waals surface area (Å²) in [6.45, 7) is 1.74. The third kappa shape index (κ3) is 1.83. The predicted octanol–water partition coefficient (Wildman–Crippen LogP) is 1.20. The number of hydrogen-bond acceptors (Lipinski definition) is 4. The van der Waals surface area contributed by atoms with Crippen LogP contribution >= 0.6 is 0 Å². The van der Waals surface area contributed by atoms with Gasteiger partial charge in [-0.15, -0.1) is 10.2 Å². The molecule has 19 heavy (non-hydrogen) atoms. The molecule has 0 fully saturated rings. The van der Waals surface area contributed by atoms with Gasteiger partial charge in [-0.25, -0.2) is 4.52 Å². The molecule has 1 amide bonds. The van der Waals surface area contributed by atoms with Crippen molar-refractivity contribution in [3.8, 4) is 11.3 Å². The maximum atomic E-state index is 11.2. The van der Waals surface area contributed by atoms with Crippen molar-refractivity contribution < 1.29 is 4.79 Å². The molecule has 94 valence electrons. The van der Waals surface area contributed by atoms with Crippen LogP contribution in [0.1, 0.15) is 16.2 Å². The number of nitrogens with two attached hydrogens (primary N) is 1. The highest BCUT2D eigenvalue weighted by molar-refractivity contribution is 5.91. The highest BCUT2D eigenvalue weighted by Crippen LogP contribution is 2.19. The van der Waals surface area contributed by atoms with Gasteiger partial charge in [0, 0.05) is 11.6 Å². The fourth-order valence-electron chi connectivity index (χ4n) is 1.94. The Balaban J connectivity index is 2.22. The molecular weight excluding hydrogens is 242 g/mol. The normalized spacial score (nSPS) is 10.8. The van der Waals surface area contributed by atoms with Gasteiger partial charge in [0.15, 0.2) is 11.3 Å². The molecule has 0 bridgehead atoms. The summed E-state index contributed by atoms with van der Waals surface area (Å²) < 4.78 is 1.58. The van der Waals surface area contributed by atoms with Crippen LogP contribution in [0, 0.1) is 6.92 Å². The zero-order valence-corrected chi connectivity index (χ0v) is 10.2. The highest BCUT2D eigenvalue weighted by Gasteiger charge is 2.14. The molecular formula is C13H11N5O. The van der Waals surface area contributed by atoms with E-state index in [2.05, 4.69) is 15.3 Å². The molecule has 0 saturated heterocycles. The Bertz CT molecular complexity index is 763. The summed E-state index contributed by atoms with van der Waals surface area (Å²) in [4.78, 5) is 11.2. The van der Waals surface area contributed by atoms with Gasteiger partial charge in [0.05, 0.1) is 11.4 Å². The summed E-state index contributed by atoms with van der Waals surface area (Å²) in [5.41, 5.74) is 8.30. The molecule has 0 spiro atoms. The van der Waals surface area contributed by atoms with Gasteiger partial charge in [-0.1, -0.05) is 30.3 Å². The first-order valence-corrected chi connectivity index (χ1v) is 5.75. The summed E-state index contributed by atoms with van der Waals surface area (Å²) in [5.74, 6) is -0.608. The molecule has 0 saturated carbocycles. The SMILES string of the molecule is Cc1c(C(N)=O)nnc2cc(-c3ccccc3)nn12. The number of hydrogen-bond donors (Lipinski definition) is 1. The van der Waals surface area contributed by atoms with E-state index in [4.69, 9.17) is 5.73 Å². The first-order valence-electron chi connectivity index (χ1n) is 5.75. The molecule has 2 N–H and O–H groups in total. The van der Waals surface area contributed by atoms with E-state index in [9.17, 15) is 4.79 Å². The lowest BCUT2D eigenvalue weighted by molar-refractivity contribution is 0.0993. The topological polar surface area (TPSA) is 86.2 Å². The number of primary amides is 1. The molecule has 0 aliphatic rings. The van der Waals surface area contributed by atoms with Gasteiger partial charge in [0.1, 0.15) is 0 Å². The number of fused-ring (bicyclic) bond motifs is 1. The molecule has 3 aromatic rings. The number of carbonyl (C=O) groups excluding carboxylic acids is 1. The molecule has 0 aliphatic heterocycles. The van der Waals surface area contributed by atoms with Crippen LogP contribution in [0.15, 0.2) is 36.4 Å². The van der Waals surface area contributed by atoms with Crippen molar-refractivity contribution in [1.29, 1.82) is 0 Å². The Labute approximate surface area is 108 Å². The van der Waals surface area contributed by atoms with Gasteiger partial charge in [-0.3, -0.25) is 4.79 Å². The van der Waals surface area contributed by atoms with E-state index >= 15 is 0 Å². The Kier molecular flexibility index (Phi) is 2.49. The van der Waals surface area contributed by atoms with E-state index < -0.39 is 5.91 Å². The average Bonchev–Trinajstić information content (AvgIpc) is 2.85. The number of aromatic nitrogens is 4. The van der Waals surface area contributed by atoms with Gasteiger partial charge >= 0.3 is 0 Å². The average molecular weight is 253 g/mol. The number of benzene rings is 1. The van der Waals surface area contributed by atoms with E-state index in [0.717, 1.165) is 11.3 Å². The van der Waals surface area contributed by atoms with Gasteiger partial charge in [0.25, 0.3) is 5.91 Å². The Morgan fingerprint density at radius 1 is 1.21 bits per heavy atom. The second kappa shape index (κ2) is 4.16. The Morgan fingerprint density at radius 2 is 1.95 bits per heavy atom. The largest absolute Gasteiger partial charge is 0.364 e. The fourth-order valence-corrected chi connectivity index (χ4v) is 1.94. The second-order valence-corrected chi connectivity index (χ2v) is 4.16. The van der Waals surface area contributed by atoms with E-state index in [-0.39, 0.29) is 5.69 Å². The van der Waals surface area contributed by atoms with Crippen LogP contribution in [0.5, 0.6) is 0 Å². The molecule has 2 aromatic heterocycles. The molecule has 0 aliphatic carbocycles. The number of rotatable bonds is 2. The van der Waals surface area contributed by atoms with Crippen LogP contribution in [0.2, 0.25) is 0 Å². The van der Waals surface area contributed by atoms with Crippen molar-refractivity contribution in [1.82, 2.24) is 19.8 Å². The monoisotopic (exact) mass is 253 g/mol. The minimum atomic E-state index is -0.608. The van der Waals surface area contributed by atoms with Gasteiger partial charge in [-0.05, 0) is 6.92 Å². The van der Waals surface area contributed by atoms with Gasteiger partial charge < -0.3 is 5.73 Å². The highest BCUT2D eigenvalue weighted by atomic mass is 16.1. The lowest BCUT2D eigenvalue weighted by Crippen LogP contribution is -2.18. The lowest BCUT2D eigenvalue weighted by Gasteiger charge is -2.01. The standard InChI is InChI=1S/C13H11N5O/c1-8-12(13(14)19)16-15-11-7-10(17-18(8)11)9-5-3-2-4-6-9/h2-7H,1H3,(H2,14,19). The van der Waals surface area contributed by atoms with Crippen molar-refractivity contribution in [2.45, 2.75) is 6.92 Å². The number of aryl methyl sites for hydroxylation is 1. The molecule has 0 unspecified atom stereocenters. The van der Waals surface area contributed by atoms with Gasteiger partial charge in [-0.2, -0.15) is 5.10 Å². The van der Waals surface area contributed by atoms with E-state index in [1.807, 2.05) is 36.4 Å². The zero-order valence-electron chi connectivity index (χ0n) is 10.2. The van der Waals surface area contributed by atoms with Crippen molar-refractivity contribution >= 4 is 11.6 Å². The summed E-state index contributed by atoms with van der Waals surface area (Å²) in [6.07, 6.45) is 0. The third-order valence-electron chi connectivity index (χ3n) is 2.91. The maximum absolute atomic E-state index is 11.2. The second-order valence-electron chi connectivity index (χ2n) is 4.16. The minimum Gasteiger partial charge on any atom is -0.364 e. The zero-order chi connectivity index (χ0) is 13.4. The van der Waals surface area contributed by atoms with Crippen LogP contribution in [-0.2, 0) is 0 Å². The number of amides is 1. The maximum Gasteiger partial charge on any atom is 0.271 e. The first kappa shape index (κ1) is 11.3. The van der Waals surface area contributed by atoms with Crippen molar-refractivity contribution in [3.63, 3.8) is 0 Å². The molecule has 6 heteroatoms. The molecule has 0 radical (unpaired) electrons. The smallest absolute Gasteiger partial charge is 0.271 e. The summed E-state index contributed by atoms with van der Waals surface area (Å²) >= 11 is 0. The fraction of sp³-hybridized carbons (Fsp3) is 0.0769. The third-order valence-corrected chi connectivity index (χ3v) is 2.91. The summed E-state index contributed by atoms with van der Waals surface area (Å²) in [5, 5.41) is 12.2. The van der Waals surface area contributed by atoms with Crippen LogP contribution in [0.4, 0.5) is 0 Å². The van der Waals surface area contributed by atoms with Crippen LogP contribution < -0.4 is 5.73 Å². The van der Waals surface area contributed by atoms with Crippen molar-refractivity contribution in [2.75, 3.05) is 0 Å². The molecule has 2 heterocycles. The lowest BCUT2D eigenvalue weighted by atomic mass is 10.2. The van der Waals surface area contributed by atoms with E-state index in [1.54, 1.807) is 11.4 Å². The van der Waals surface area contributed by atoms with E-state index in [1.165, 1.54) is 0 Å². The predicted molar refractivity (Wildman–Crippen MR) is 69.5 cm³/mol. The first-order chi connectivity index (χ1) is 9.16. The molecule has 0 atom stereocenters. The Hall–Kier alpha value is -2.76. The molecule has 3 rings (SSSR count). The van der Waals surface area contributed by atoms with Crippen LogP contribution in [-0.4, -0.2) is 25.7 Å². The van der Waals surface area contributed by atoms with Crippen LogP contribution in [0.25, 0.3) is 16.9 Å². The molecule has 1 aromatic carbocycles. The van der Waals surface area contributed by atoms with Crippen molar-refractivity contribution in [3.05, 3.63) is 47.8 Å². The molecule has 6 nitrogen and oxygen atoms in total. The van der Waals surface area contributed by atoms with E-state index in [0.29, 0.717) is 11.3 Å².